The van der Waals surface area contributed by atoms with Gasteiger partial charge in [-0.15, -0.1) is 0 Å². The quantitative estimate of drug-likeness (QED) is 0.914. The maximum absolute atomic E-state index is 12.6. The van der Waals surface area contributed by atoms with Crippen molar-refractivity contribution < 1.29 is 9.53 Å². The summed E-state index contributed by atoms with van der Waals surface area (Å²) >= 11 is 11.9. The number of rotatable bonds is 3. The lowest BCUT2D eigenvalue weighted by molar-refractivity contribution is -0.141. The molecule has 4 nitrogen and oxygen atoms in total. The van der Waals surface area contributed by atoms with Crippen LogP contribution in [0.25, 0.3) is 0 Å². The highest BCUT2D eigenvalue weighted by atomic mass is 35.5. The third-order valence-corrected chi connectivity index (χ3v) is 4.70. The van der Waals surface area contributed by atoms with Gasteiger partial charge in [-0.2, -0.15) is 0 Å². The van der Waals surface area contributed by atoms with Crippen LogP contribution in [0.3, 0.4) is 0 Å². The van der Waals surface area contributed by atoms with Crippen LogP contribution >= 0.6 is 23.2 Å². The van der Waals surface area contributed by atoms with Gasteiger partial charge < -0.3 is 15.4 Å². The largest absolute Gasteiger partial charge is 0.479 e. The summed E-state index contributed by atoms with van der Waals surface area (Å²) in [5, 5.41) is 0.927. The highest BCUT2D eigenvalue weighted by Crippen LogP contribution is 2.30. The van der Waals surface area contributed by atoms with Crippen molar-refractivity contribution in [1.29, 1.82) is 0 Å². The fourth-order valence-electron chi connectivity index (χ4n) is 2.63. The molecule has 0 bridgehead atoms. The Morgan fingerprint density at radius 3 is 2.73 bits per heavy atom. The number of benzene rings is 1. The molecule has 6 heteroatoms. The number of carbonyl (C=O) groups excluding carboxylic acids is 1. The molecule has 0 aliphatic carbocycles. The van der Waals surface area contributed by atoms with E-state index in [9.17, 15) is 4.79 Å². The van der Waals surface area contributed by atoms with Crippen LogP contribution in [0.15, 0.2) is 18.2 Å². The van der Waals surface area contributed by atoms with E-state index in [1.807, 2.05) is 4.90 Å². The number of piperidine rings is 1. The lowest BCUT2D eigenvalue weighted by Gasteiger charge is -2.43. The van der Waals surface area contributed by atoms with Crippen LogP contribution in [-0.4, -0.2) is 36.0 Å². The number of halogens is 2. The van der Waals surface area contributed by atoms with Crippen molar-refractivity contribution in [2.45, 2.75) is 39.3 Å². The fraction of sp³-hybridized carbons (Fsp3) is 0.562. The van der Waals surface area contributed by atoms with Gasteiger partial charge in [-0.1, -0.05) is 37.0 Å². The molecule has 2 rings (SSSR count). The molecular weight excluding hydrogens is 323 g/mol. The van der Waals surface area contributed by atoms with Crippen molar-refractivity contribution in [2.24, 2.45) is 11.1 Å². The second kappa shape index (κ2) is 6.65. The standard InChI is InChI=1S/C16H22Cl2N2O2/c1-10(22-13-5-4-11(17)8-12(13)18)15(21)20-7-6-14(19)16(2,3)9-20/h4-5,8,10,14H,6-7,9,19H2,1-3H3. The van der Waals surface area contributed by atoms with E-state index in [-0.39, 0.29) is 17.4 Å². The van der Waals surface area contributed by atoms with Gasteiger partial charge in [0.15, 0.2) is 6.10 Å². The zero-order chi connectivity index (χ0) is 16.5. The van der Waals surface area contributed by atoms with E-state index in [2.05, 4.69) is 13.8 Å². The summed E-state index contributed by atoms with van der Waals surface area (Å²) < 4.78 is 5.70. The van der Waals surface area contributed by atoms with Crippen LogP contribution in [0.5, 0.6) is 5.75 Å². The lowest BCUT2D eigenvalue weighted by atomic mass is 9.79. The number of ether oxygens (including phenoxy) is 1. The van der Waals surface area contributed by atoms with E-state index >= 15 is 0 Å². The van der Waals surface area contributed by atoms with Crippen LogP contribution < -0.4 is 10.5 Å². The van der Waals surface area contributed by atoms with Gasteiger partial charge in [0, 0.05) is 24.2 Å². The number of amides is 1. The molecule has 0 saturated carbocycles. The van der Waals surface area contributed by atoms with E-state index < -0.39 is 6.10 Å². The summed E-state index contributed by atoms with van der Waals surface area (Å²) in [5.74, 6) is 0.408. The molecular formula is C16H22Cl2N2O2. The van der Waals surface area contributed by atoms with E-state index in [4.69, 9.17) is 33.7 Å². The molecule has 1 heterocycles. The van der Waals surface area contributed by atoms with Gasteiger partial charge in [0.05, 0.1) is 5.02 Å². The van der Waals surface area contributed by atoms with Crippen molar-refractivity contribution in [3.05, 3.63) is 28.2 Å². The van der Waals surface area contributed by atoms with Gasteiger partial charge in [0.25, 0.3) is 5.91 Å². The zero-order valence-corrected chi connectivity index (χ0v) is 14.6. The Labute approximate surface area is 141 Å². The molecule has 0 spiro atoms. The molecule has 1 saturated heterocycles. The highest BCUT2D eigenvalue weighted by molar-refractivity contribution is 6.35. The van der Waals surface area contributed by atoms with Gasteiger partial charge in [0.2, 0.25) is 0 Å². The Bertz CT molecular complexity index is 563. The minimum Gasteiger partial charge on any atom is -0.479 e. The lowest BCUT2D eigenvalue weighted by Crippen LogP contribution is -2.56. The summed E-state index contributed by atoms with van der Waals surface area (Å²) in [6.45, 7) is 7.19. The molecule has 122 valence electrons. The van der Waals surface area contributed by atoms with Crippen molar-refractivity contribution in [3.63, 3.8) is 0 Å². The Morgan fingerprint density at radius 2 is 2.14 bits per heavy atom. The van der Waals surface area contributed by atoms with Gasteiger partial charge >= 0.3 is 0 Å². The van der Waals surface area contributed by atoms with Crippen LogP contribution in [0, 0.1) is 5.41 Å². The van der Waals surface area contributed by atoms with Crippen LogP contribution in [0.1, 0.15) is 27.2 Å². The van der Waals surface area contributed by atoms with Gasteiger partial charge in [-0.05, 0) is 37.0 Å². The van der Waals surface area contributed by atoms with Crippen molar-refractivity contribution in [2.75, 3.05) is 13.1 Å². The summed E-state index contributed by atoms with van der Waals surface area (Å²) in [5.41, 5.74) is 6.02. The number of hydrogen-bond acceptors (Lipinski definition) is 3. The molecule has 1 amide bonds. The number of hydrogen-bond donors (Lipinski definition) is 1. The molecule has 1 aliphatic rings. The smallest absolute Gasteiger partial charge is 0.263 e. The maximum Gasteiger partial charge on any atom is 0.263 e. The van der Waals surface area contributed by atoms with Crippen LogP contribution in [0.4, 0.5) is 0 Å². The van der Waals surface area contributed by atoms with Crippen molar-refractivity contribution in [3.8, 4) is 5.75 Å². The predicted molar refractivity (Wildman–Crippen MR) is 89.5 cm³/mol. The fourth-order valence-corrected chi connectivity index (χ4v) is 3.08. The Kier molecular flexibility index (Phi) is 5.25. The van der Waals surface area contributed by atoms with Crippen molar-refractivity contribution >= 4 is 29.1 Å². The molecule has 0 radical (unpaired) electrons. The van der Waals surface area contributed by atoms with Gasteiger partial charge in [-0.25, -0.2) is 0 Å². The molecule has 1 fully saturated rings. The summed E-state index contributed by atoms with van der Waals surface area (Å²) in [6, 6.07) is 5.06. The minimum atomic E-state index is -0.608. The van der Waals surface area contributed by atoms with E-state index in [1.54, 1.807) is 25.1 Å². The third-order valence-electron chi connectivity index (χ3n) is 4.17. The average molecular weight is 345 g/mol. The first kappa shape index (κ1) is 17.4. The first-order valence-corrected chi connectivity index (χ1v) is 8.12. The van der Waals surface area contributed by atoms with Gasteiger partial charge in [0.1, 0.15) is 5.75 Å². The Hall–Kier alpha value is -0.970. The van der Waals surface area contributed by atoms with Crippen LogP contribution in [0.2, 0.25) is 10.0 Å². The highest BCUT2D eigenvalue weighted by Gasteiger charge is 2.36. The zero-order valence-electron chi connectivity index (χ0n) is 13.1. The van der Waals surface area contributed by atoms with Crippen LogP contribution in [-0.2, 0) is 4.79 Å². The molecule has 1 aliphatic heterocycles. The predicted octanol–water partition coefficient (Wildman–Crippen LogP) is 3.35. The topological polar surface area (TPSA) is 55.6 Å². The van der Waals surface area contributed by atoms with E-state index in [0.717, 1.165) is 6.42 Å². The molecule has 2 atom stereocenters. The number of likely N-dealkylation sites (tertiary alicyclic amines) is 1. The first-order valence-electron chi connectivity index (χ1n) is 7.37. The monoisotopic (exact) mass is 344 g/mol. The molecule has 22 heavy (non-hydrogen) atoms. The van der Waals surface area contributed by atoms with Gasteiger partial charge in [-0.3, -0.25) is 4.79 Å². The average Bonchev–Trinajstić information content (AvgIpc) is 2.44. The Morgan fingerprint density at radius 1 is 1.45 bits per heavy atom. The maximum atomic E-state index is 12.6. The van der Waals surface area contributed by atoms with E-state index in [1.165, 1.54) is 0 Å². The molecule has 0 aromatic heterocycles. The number of nitrogens with two attached hydrogens (primary N) is 1. The molecule has 1 aromatic rings. The Balaban J connectivity index is 2.03. The summed E-state index contributed by atoms with van der Waals surface area (Å²) in [7, 11) is 0. The summed E-state index contributed by atoms with van der Waals surface area (Å²) in [4.78, 5) is 14.4. The van der Waals surface area contributed by atoms with Crippen molar-refractivity contribution in [1.82, 2.24) is 4.90 Å². The molecule has 2 N–H and O–H groups in total. The number of carbonyl (C=O) groups is 1. The number of nitrogens with zero attached hydrogens (tertiary/aromatic N) is 1. The third kappa shape index (κ3) is 3.86. The molecule has 2 unspecified atom stereocenters. The normalized spacial score (nSPS) is 22.3. The van der Waals surface area contributed by atoms with E-state index in [0.29, 0.717) is 28.9 Å². The first-order chi connectivity index (χ1) is 10.2. The molecule has 1 aromatic carbocycles. The summed E-state index contributed by atoms with van der Waals surface area (Å²) in [6.07, 6.45) is 0.191. The SMILES string of the molecule is CC(Oc1ccc(Cl)cc1Cl)C(=O)N1CCC(N)C(C)(C)C1. The minimum absolute atomic E-state index is 0.0500. The second-order valence-corrected chi connectivity index (χ2v) is 7.32. The second-order valence-electron chi connectivity index (χ2n) is 6.48.